The van der Waals surface area contributed by atoms with Crippen LogP contribution in [0, 0.1) is 0 Å². The van der Waals surface area contributed by atoms with Crippen molar-refractivity contribution >= 4 is 76.5 Å². The van der Waals surface area contributed by atoms with Gasteiger partial charge in [-0.15, -0.1) is 0 Å². The number of fused-ring (bicyclic) bond motifs is 11. The summed E-state index contributed by atoms with van der Waals surface area (Å²) in [7, 11) is 0. The molecule has 60 heavy (non-hydrogen) atoms. The van der Waals surface area contributed by atoms with Crippen LogP contribution in [0.15, 0.2) is 192 Å². The molecule has 0 atom stereocenters. The molecule has 5 heterocycles. The molecule has 8 nitrogen and oxygen atoms in total. The number of oxazole rings is 1. The molecule has 0 amide bonds. The van der Waals surface area contributed by atoms with Crippen molar-refractivity contribution in [1.82, 2.24) is 33.6 Å². The van der Waals surface area contributed by atoms with Gasteiger partial charge < -0.3 is 8.98 Å². The van der Waals surface area contributed by atoms with E-state index in [9.17, 15) is 0 Å². The Bertz CT molecular complexity index is 3800. The first-order chi connectivity index (χ1) is 29.8. The summed E-state index contributed by atoms with van der Waals surface area (Å²) in [6, 6.07) is 65.3. The Balaban J connectivity index is 1.19. The van der Waals surface area contributed by atoms with Crippen LogP contribution in [-0.2, 0) is 0 Å². The molecular formula is C52H31N7O. The summed E-state index contributed by atoms with van der Waals surface area (Å²) in [6.07, 6.45) is 0. The van der Waals surface area contributed by atoms with Crippen LogP contribution in [0.25, 0.3) is 117 Å². The number of aromatic nitrogens is 7. The Morgan fingerprint density at radius 3 is 1.63 bits per heavy atom. The Labute approximate surface area is 341 Å². The molecule has 13 rings (SSSR count). The van der Waals surface area contributed by atoms with Crippen LogP contribution in [0.5, 0.6) is 0 Å². The topological polar surface area (TPSA) is 79.5 Å². The van der Waals surface area contributed by atoms with Gasteiger partial charge in [0.1, 0.15) is 5.52 Å². The van der Waals surface area contributed by atoms with Crippen LogP contribution in [0.1, 0.15) is 0 Å². The quantitative estimate of drug-likeness (QED) is 0.174. The monoisotopic (exact) mass is 769 g/mol. The van der Waals surface area contributed by atoms with Crippen molar-refractivity contribution in [3.63, 3.8) is 0 Å². The van der Waals surface area contributed by atoms with Crippen LogP contribution in [0.4, 0.5) is 0 Å². The molecule has 0 saturated heterocycles. The van der Waals surface area contributed by atoms with Crippen LogP contribution in [-0.4, -0.2) is 33.6 Å². The van der Waals surface area contributed by atoms with E-state index in [1.807, 2.05) is 24.3 Å². The molecule has 0 bridgehead atoms. The first kappa shape index (κ1) is 32.7. The number of benzene rings is 8. The number of rotatable bonds is 5. The molecule has 0 saturated carbocycles. The third-order valence-electron chi connectivity index (χ3n) is 11.8. The molecule has 0 fully saturated rings. The molecule has 13 aromatic rings. The molecule has 0 N–H and O–H groups in total. The highest BCUT2D eigenvalue weighted by atomic mass is 16.3. The van der Waals surface area contributed by atoms with Gasteiger partial charge in [0.05, 0.1) is 33.1 Å². The maximum atomic E-state index is 6.43. The average molecular weight is 770 g/mol. The van der Waals surface area contributed by atoms with Crippen LogP contribution in [0.3, 0.4) is 0 Å². The van der Waals surface area contributed by atoms with Crippen molar-refractivity contribution in [3.05, 3.63) is 188 Å². The summed E-state index contributed by atoms with van der Waals surface area (Å²) < 4.78 is 13.1. The van der Waals surface area contributed by atoms with E-state index in [4.69, 9.17) is 24.4 Å². The van der Waals surface area contributed by atoms with Crippen molar-refractivity contribution in [2.24, 2.45) is 0 Å². The lowest BCUT2D eigenvalue weighted by Gasteiger charge is -2.13. The van der Waals surface area contributed by atoms with E-state index in [1.54, 1.807) is 0 Å². The van der Waals surface area contributed by atoms with Gasteiger partial charge in [0.2, 0.25) is 17.7 Å². The van der Waals surface area contributed by atoms with Crippen molar-refractivity contribution in [2.45, 2.75) is 0 Å². The zero-order chi connectivity index (χ0) is 39.3. The van der Waals surface area contributed by atoms with E-state index in [2.05, 4.69) is 177 Å². The predicted molar refractivity (Wildman–Crippen MR) is 241 cm³/mol. The highest BCUT2D eigenvalue weighted by Gasteiger charge is 2.26. The minimum absolute atomic E-state index is 0.316. The first-order valence-electron chi connectivity index (χ1n) is 20.0. The molecule has 8 aromatic carbocycles. The Morgan fingerprint density at radius 2 is 0.917 bits per heavy atom. The van der Waals surface area contributed by atoms with Crippen LogP contribution < -0.4 is 0 Å². The second kappa shape index (κ2) is 12.6. The van der Waals surface area contributed by atoms with Gasteiger partial charge in [-0.2, -0.15) is 15.0 Å². The first-order valence-corrected chi connectivity index (χ1v) is 20.0. The SMILES string of the molecule is c1ccc(-c2cccc3c2c2ccccc2n3-c2nc(-c3nc4ccccc4o3)nc(-n3c4ccccc4c4ccc5c6ccccc6n(-c6ccccc6)c5c43)n2)cc1. The van der Waals surface area contributed by atoms with E-state index in [1.165, 1.54) is 0 Å². The van der Waals surface area contributed by atoms with Crippen LogP contribution >= 0.6 is 0 Å². The fraction of sp³-hybridized carbons (Fsp3) is 0. The second-order valence-corrected chi connectivity index (χ2v) is 15.1. The Morgan fingerprint density at radius 1 is 0.367 bits per heavy atom. The molecule has 0 aliphatic carbocycles. The van der Waals surface area contributed by atoms with Gasteiger partial charge in [-0.05, 0) is 59.7 Å². The minimum atomic E-state index is 0.316. The lowest BCUT2D eigenvalue weighted by molar-refractivity contribution is 0.611. The van der Waals surface area contributed by atoms with Gasteiger partial charge in [0, 0.05) is 38.0 Å². The molecule has 5 aromatic heterocycles. The summed E-state index contributed by atoms with van der Waals surface area (Å²) in [5.74, 6) is 1.55. The standard InChI is InChI=1S/C52H31N7O/c1-3-16-32(17-4-1)34-23-15-28-44-46(34)39-22-9-13-27-43(39)58(44)51-54-49(50-53-40-24-10-14-29-45(40)60-50)55-52(56-51)59-42-26-12-8-21-36(42)38-31-30-37-35-20-7-11-25-41(35)57(47(37)48(38)59)33-18-5-2-6-19-33/h1-31H. The minimum Gasteiger partial charge on any atom is -0.434 e. The zero-order valence-electron chi connectivity index (χ0n) is 31.9. The largest absolute Gasteiger partial charge is 0.434 e. The van der Waals surface area contributed by atoms with Gasteiger partial charge in [0.25, 0.3) is 5.89 Å². The molecule has 8 heteroatoms. The van der Waals surface area contributed by atoms with Gasteiger partial charge in [-0.3, -0.25) is 9.13 Å². The zero-order valence-corrected chi connectivity index (χ0v) is 31.9. The van der Waals surface area contributed by atoms with Crippen molar-refractivity contribution in [2.75, 3.05) is 0 Å². The maximum Gasteiger partial charge on any atom is 0.266 e. The molecule has 0 aliphatic heterocycles. The molecule has 0 unspecified atom stereocenters. The molecule has 0 spiro atoms. The van der Waals surface area contributed by atoms with Gasteiger partial charge >= 0.3 is 0 Å². The van der Waals surface area contributed by atoms with Gasteiger partial charge in [-0.1, -0.05) is 140 Å². The van der Waals surface area contributed by atoms with Crippen LogP contribution in [0.2, 0.25) is 0 Å². The maximum absolute atomic E-state index is 6.43. The smallest absolute Gasteiger partial charge is 0.266 e. The number of hydrogen-bond acceptors (Lipinski definition) is 5. The lowest BCUT2D eigenvalue weighted by Crippen LogP contribution is -2.10. The van der Waals surface area contributed by atoms with E-state index in [0.29, 0.717) is 29.2 Å². The van der Waals surface area contributed by atoms with E-state index in [0.717, 1.165) is 87.7 Å². The number of nitrogens with zero attached hydrogens (tertiary/aromatic N) is 7. The summed E-state index contributed by atoms with van der Waals surface area (Å²) in [5, 5.41) is 6.70. The lowest BCUT2D eigenvalue weighted by atomic mass is 9.99. The van der Waals surface area contributed by atoms with E-state index < -0.39 is 0 Å². The van der Waals surface area contributed by atoms with Crippen molar-refractivity contribution < 1.29 is 4.42 Å². The normalized spacial score (nSPS) is 12.0. The Hall–Kier alpha value is -8.36. The predicted octanol–water partition coefficient (Wildman–Crippen LogP) is 12.6. The van der Waals surface area contributed by atoms with E-state index in [-0.39, 0.29) is 0 Å². The summed E-state index contributed by atoms with van der Waals surface area (Å²) in [6.45, 7) is 0. The highest BCUT2D eigenvalue weighted by molar-refractivity contribution is 6.24. The summed E-state index contributed by atoms with van der Waals surface area (Å²) >= 11 is 0. The summed E-state index contributed by atoms with van der Waals surface area (Å²) in [4.78, 5) is 21.0. The van der Waals surface area contributed by atoms with E-state index >= 15 is 0 Å². The van der Waals surface area contributed by atoms with Crippen molar-refractivity contribution in [3.8, 4) is 40.4 Å². The molecule has 280 valence electrons. The fourth-order valence-corrected chi connectivity index (χ4v) is 9.26. The Kier molecular flexibility index (Phi) is 6.85. The number of hydrogen-bond donors (Lipinski definition) is 0. The van der Waals surface area contributed by atoms with Crippen molar-refractivity contribution in [1.29, 1.82) is 0 Å². The molecular weight excluding hydrogens is 739 g/mol. The second-order valence-electron chi connectivity index (χ2n) is 15.1. The fourth-order valence-electron chi connectivity index (χ4n) is 9.26. The molecule has 0 aliphatic rings. The summed E-state index contributed by atoms with van der Waals surface area (Å²) in [5.41, 5.74) is 10.8. The highest BCUT2D eigenvalue weighted by Crippen LogP contribution is 2.42. The van der Waals surface area contributed by atoms with Gasteiger partial charge in [-0.25, -0.2) is 4.98 Å². The molecule has 0 radical (unpaired) electrons. The third-order valence-corrected chi connectivity index (χ3v) is 11.8. The van der Waals surface area contributed by atoms with Gasteiger partial charge in [0.15, 0.2) is 5.58 Å². The number of para-hydroxylation sites is 6. The third kappa shape index (κ3) is 4.67. The average Bonchev–Trinajstić information content (AvgIpc) is 4.08.